The molecule has 0 radical (unpaired) electrons. The number of benzene rings is 1. The lowest BCUT2D eigenvalue weighted by Crippen LogP contribution is -2.44. The molecule has 2 aliphatic rings. The first-order valence-corrected chi connectivity index (χ1v) is 8.30. The van der Waals surface area contributed by atoms with Crippen molar-refractivity contribution in [2.75, 3.05) is 6.54 Å². The van der Waals surface area contributed by atoms with E-state index in [4.69, 9.17) is 0 Å². The highest BCUT2D eigenvalue weighted by Crippen LogP contribution is 2.40. The fourth-order valence-corrected chi connectivity index (χ4v) is 4.98. The van der Waals surface area contributed by atoms with Gasteiger partial charge in [-0.3, -0.25) is 4.79 Å². The molecule has 1 aromatic rings. The molecule has 0 bridgehead atoms. The number of carbonyl (C=O) groups is 1. The molecule has 108 valence electrons. The Labute approximate surface area is 118 Å². The van der Waals surface area contributed by atoms with Crippen LogP contribution in [0, 0.1) is 0 Å². The average molecular weight is 295 g/mol. The third-order valence-corrected chi connectivity index (χ3v) is 6.48. The van der Waals surface area contributed by atoms with Crippen molar-refractivity contribution in [2.24, 2.45) is 0 Å². The number of carboxylic acid groups (broad SMARTS) is 1. The Hall–Kier alpha value is -1.40. The molecular weight excluding hydrogens is 278 g/mol. The van der Waals surface area contributed by atoms with Crippen molar-refractivity contribution in [2.45, 2.75) is 36.5 Å². The van der Waals surface area contributed by atoms with E-state index in [0.29, 0.717) is 25.8 Å². The van der Waals surface area contributed by atoms with Gasteiger partial charge in [-0.2, -0.15) is 4.31 Å². The van der Waals surface area contributed by atoms with E-state index in [2.05, 4.69) is 0 Å². The van der Waals surface area contributed by atoms with Crippen LogP contribution in [-0.4, -0.2) is 41.6 Å². The zero-order valence-corrected chi connectivity index (χ0v) is 11.8. The molecule has 1 saturated heterocycles. The van der Waals surface area contributed by atoms with Crippen molar-refractivity contribution in [3.63, 3.8) is 0 Å². The topological polar surface area (TPSA) is 74.7 Å². The summed E-state index contributed by atoms with van der Waals surface area (Å²) in [4.78, 5) is 11.6. The highest BCUT2D eigenvalue weighted by molar-refractivity contribution is 7.90. The van der Waals surface area contributed by atoms with Gasteiger partial charge >= 0.3 is 5.97 Å². The van der Waals surface area contributed by atoms with Crippen molar-refractivity contribution in [1.29, 1.82) is 0 Å². The van der Waals surface area contributed by atoms with Gasteiger partial charge < -0.3 is 5.11 Å². The number of aliphatic carboxylic acids is 1. The van der Waals surface area contributed by atoms with E-state index in [-0.39, 0.29) is 11.2 Å². The van der Waals surface area contributed by atoms with Crippen LogP contribution in [0.3, 0.4) is 0 Å². The average Bonchev–Trinajstić information content (AvgIpc) is 3.18. The highest BCUT2D eigenvalue weighted by Gasteiger charge is 2.50. The minimum Gasteiger partial charge on any atom is -0.480 e. The van der Waals surface area contributed by atoms with Gasteiger partial charge in [-0.1, -0.05) is 30.3 Å². The smallest absolute Gasteiger partial charge is 0.322 e. The number of nitrogens with zero attached hydrogens (tertiary/aromatic N) is 1. The van der Waals surface area contributed by atoms with E-state index in [9.17, 15) is 18.3 Å². The Morgan fingerprint density at radius 1 is 1.15 bits per heavy atom. The van der Waals surface area contributed by atoms with Crippen LogP contribution in [0.2, 0.25) is 0 Å². The number of carboxylic acids is 1. The molecule has 5 nitrogen and oxygen atoms in total. The second-order valence-electron chi connectivity index (χ2n) is 5.44. The van der Waals surface area contributed by atoms with Gasteiger partial charge in [0.15, 0.2) is 0 Å². The molecule has 3 rings (SSSR count). The summed E-state index contributed by atoms with van der Waals surface area (Å²) < 4.78 is 25.9. The minimum atomic E-state index is -3.45. The molecule has 6 heteroatoms. The normalized spacial score (nSPS) is 27.6. The molecule has 1 aliphatic carbocycles. The fraction of sp³-hybridized carbons (Fsp3) is 0.500. The number of hydrogen-bond donors (Lipinski definition) is 1. The van der Waals surface area contributed by atoms with Gasteiger partial charge in [0, 0.05) is 12.5 Å². The van der Waals surface area contributed by atoms with Crippen LogP contribution in [0.5, 0.6) is 0 Å². The van der Waals surface area contributed by atoms with Crippen LogP contribution >= 0.6 is 0 Å². The summed E-state index contributed by atoms with van der Waals surface area (Å²) >= 11 is 0. The molecule has 2 fully saturated rings. The summed E-state index contributed by atoms with van der Waals surface area (Å²) in [5, 5.41) is 9.11. The van der Waals surface area contributed by atoms with E-state index >= 15 is 0 Å². The van der Waals surface area contributed by atoms with Crippen LogP contribution in [0.4, 0.5) is 0 Å². The van der Waals surface area contributed by atoms with Crippen LogP contribution in [0.15, 0.2) is 30.3 Å². The Bertz CT molecular complexity index is 609. The van der Waals surface area contributed by atoms with E-state index in [1.807, 2.05) is 30.3 Å². The summed E-state index contributed by atoms with van der Waals surface area (Å²) in [6.45, 7) is 0.301. The van der Waals surface area contributed by atoms with Gasteiger partial charge in [-0.15, -0.1) is 0 Å². The summed E-state index contributed by atoms with van der Waals surface area (Å²) in [5.41, 5.74) is 0.897. The van der Waals surface area contributed by atoms with Crippen LogP contribution in [-0.2, 0) is 14.8 Å². The van der Waals surface area contributed by atoms with Crippen LogP contribution < -0.4 is 0 Å². The lowest BCUT2D eigenvalue weighted by Gasteiger charge is -2.24. The molecule has 1 N–H and O–H groups in total. The summed E-state index contributed by atoms with van der Waals surface area (Å²) in [6.07, 6.45) is 1.87. The molecule has 1 saturated carbocycles. The second-order valence-corrected chi connectivity index (χ2v) is 7.61. The van der Waals surface area contributed by atoms with Crippen molar-refractivity contribution in [3.8, 4) is 0 Å². The van der Waals surface area contributed by atoms with Gasteiger partial charge in [0.05, 0.1) is 5.25 Å². The van der Waals surface area contributed by atoms with Crippen LogP contribution in [0.1, 0.15) is 30.7 Å². The first-order valence-electron chi connectivity index (χ1n) is 6.80. The standard InChI is InChI=1S/C14H17NO4S/c16-14(17)13-12(10-4-2-1-3-5-10)8-9-15(13)20(18,19)11-6-7-11/h1-5,11-13H,6-9H2,(H,16,17). The van der Waals surface area contributed by atoms with Gasteiger partial charge in [-0.25, -0.2) is 8.42 Å². The molecule has 0 amide bonds. The van der Waals surface area contributed by atoms with Gasteiger partial charge in [-0.05, 0) is 24.8 Å². The maximum atomic E-state index is 12.3. The molecule has 2 atom stereocenters. The first-order chi connectivity index (χ1) is 9.51. The zero-order valence-electron chi connectivity index (χ0n) is 11.0. The van der Waals surface area contributed by atoms with Crippen molar-refractivity contribution in [1.82, 2.24) is 4.31 Å². The molecule has 1 aromatic carbocycles. The molecule has 1 heterocycles. The molecule has 2 unspecified atom stereocenters. The predicted molar refractivity (Wildman–Crippen MR) is 73.9 cm³/mol. The molecular formula is C14H17NO4S. The van der Waals surface area contributed by atoms with Gasteiger partial charge in [0.1, 0.15) is 6.04 Å². The maximum Gasteiger partial charge on any atom is 0.322 e. The number of hydrogen-bond acceptors (Lipinski definition) is 3. The van der Waals surface area contributed by atoms with Crippen molar-refractivity contribution in [3.05, 3.63) is 35.9 Å². The monoisotopic (exact) mass is 295 g/mol. The molecule has 0 aromatic heterocycles. The Morgan fingerprint density at radius 2 is 1.80 bits per heavy atom. The summed E-state index contributed by atoms with van der Waals surface area (Å²) in [6, 6.07) is 8.34. The highest BCUT2D eigenvalue weighted by atomic mass is 32.2. The third kappa shape index (κ3) is 2.23. The van der Waals surface area contributed by atoms with E-state index in [1.54, 1.807) is 0 Å². The second kappa shape index (κ2) is 4.86. The maximum absolute atomic E-state index is 12.3. The van der Waals surface area contributed by atoms with E-state index in [0.717, 1.165) is 5.56 Å². The zero-order chi connectivity index (χ0) is 14.3. The lowest BCUT2D eigenvalue weighted by atomic mass is 9.92. The van der Waals surface area contributed by atoms with Gasteiger partial charge in [0.2, 0.25) is 10.0 Å². The molecule has 1 aliphatic heterocycles. The SMILES string of the molecule is O=C(O)C1C(c2ccccc2)CCN1S(=O)(=O)C1CC1. The predicted octanol–water partition coefficient (Wildman–Crippen LogP) is 1.42. The van der Waals surface area contributed by atoms with Crippen LogP contribution in [0.25, 0.3) is 0 Å². The fourth-order valence-electron chi connectivity index (χ4n) is 2.95. The number of rotatable bonds is 4. The van der Waals surface area contributed by atoms with E-state index < -0.39 is 22.0 Å². The minimum absolute atomic E-state index is 0.262. The number of sulfonamides is 1. The van der Waals surface area contributed by atoms with E-state index in [1.165, 1.54) is 4.31 Å². The Kier molecular flexibility index (Phi) is 3.30. The summed E-state index contributed by atoms with van der Waals surface area (Å²) in [5.74, 6) is -1.32. The first kappa shape index (κ1) is 13.6. The quantitative estimate of drug-likeness (QED) is 0.911. The van der Waals surface area contributed by atoms with Crippen molar-refractivity contribution >= 4 is 16.0 Å². The summed E-state index contributed by atoms with van der Waals surface area (Å²) in [7, 11) is -3.45. The van der Waals surface area contributed by atoms with Gasteiger partial charge in [0.25, 0.3) is 0 Å². The largest absolute Gasteiger partial charge is 0.480 e. The van der Waals surface area contributed by atoms with Crippen molar-refractivity contribution < 1.29 is 18.3 Å². The lowest BCUT2D eigenvalue weighted by molar-refractivity contribution is -0.141. The Morgan fingerprint density at radius 3 is 2.35 bits per heavy atom. The molecule has 0 spiro atoms. The molecule has 20 heavy (non-hydrogen) atoms. The Balaban J connectivity index is 1.93. The third-order valence-electron chi connectivity index (χ3n) is 4.11.